The topological polar surface area (TPSA) is 87.7 Å². The van der Waals surface area contributed by atoms with Crippen LogP contribution in [0.15, 0.2) is 5.16 Å². The lowest BCUT2D eigenvalue weighted by Gasteiger charge is -2.38. The molecule has 1 saturated carbocycles. The van der Waals surface area contributed by atoms with Crippen molar-refractivity contribution in [3.8, 4) is 0 Å². The Hall–Kier alpha value is -1.26. The SMILES string of the molecule is CC(C)CCCCNC(=O)C1(C(N)=NO)CCC1. The summed E-state index contributed by atoms with van der Waals surface area (Å²) in [6.07, 6.45) is 5.60. The van der Waals surface area contributed by atoms with Crippen molar-refractivity contribution in [1.82, 2.24) is 5.32 Å². The monoisotopic (exact) mass is 255 g/mol. The van der Waals surface area contributed by atoms with Crippen LogP contribution in [0.4, 0.5) is 0 Å². The van der Waals surface area contributed by atoms with Gasteiger partial charge in [-0.05, 0) is 25.2 Å². The van der Waals surface area contributed by atoms with Crippen LogP contribution in [-0.2, 0) is 4.79 Å². The first-order chi connectivity index (χ1) is 8.53. The van der Waals surface area contributed by atoms with Crippen LogP contribution in [0, 0.1) is 11.3 Å². The number of nitrogens with two attached hydrogens (primary N) is 1. The maximum Gasteiger partial charge on any atom is 0.233 e. The van der Waals surface area contributed by atoms with E-state index in [0.29, 0.717) is 25.3 Å². The maximum atomic E-state index is 12.1. The molecule has 0 bridgehead atoms. The van der Waals surface area contributed by atoms with Crippen LogP contribution in [-0.4, -0.2) is 23.5 Å². The molecule has 0 radical (unpaired) electrons. The number of rotatable bonds is 7. The average molecular weight is 255 g/mol. The van der Waals surface area contributed by atoms with Gasteiger partial charge in [0.15, 0.2) is 5.84 Å². The van der Waals surface area contributed by atoms with Gasteiger partial charge in [0.2, 0.25) is 5.91 Å². The molecule has 0 heterocycles. The highest BCUT2D eigenvalue weighted by molar-refractivity contribution is 6.07. The third-order valence-corrected chi connectivity index (χ3v) is 3.73. The van der Waals surface area contributed by atoms with Gasteiger partial charge < -0.3 is 16.3 Å². The molecule has 0 atom stereocenters. The van der Waals surface area contributed by atoms with Crippen LogP contribution in [0.1, 0.15) is 52.4 Å². The minimum absolute atomic E-state index is 0.0495. The number of hydrogen-bond acceptors (Lipinski definition) is 3. The second-order valence-corrected chi connectivity index (χ2v) is 5.57. The predicted octanol–water partition coefficient (Wildman–Crippen LogP) is 1.85. The van der Waals surface area contributed by atoms with Gasteiger partial charge in [-0.2, -0.15) is 0 Å². The van der Waals surface area contributed by atoms with Gasteiger partial charge in [0.1, 0.15) is 5.41 Å². The Morgan fingerprint density at radius 2 is 2.11 bits per heavy atom. The third kappa shape index (κ3) is 3.37. The predicted molar refractivity (Wildman–Crippen MR) is 71.4 cm³/mol. The van der Waals surface area contributed by atoms with E-state index in [2.05, 4.69) is 24.3 Å². The summed E-state index contributed by atoms with van der Waals surface area (Å²) in [7, 11) is 0. The first-order valence-corrected chi connectivity index (χ1v) is 6.79. The van der Waals surface area contributed by atoms with Crippen LogP contribution in [0.3, 0.4) is 0 Å². The van der Waals surface area contributed by atoms with Crippen molar-refractivity contribution in [2.24, 2.45) is 22.2 Å². The number of amides is 1. The lowest BCUT2D eigenvalue weighted by Crippen LogP contribution is -2.54. The van der Waals surface area contributed by atoms with Crippen LogP contribution in [0.5, 0.6) is 0 Å². The lowest BCUT2D eigenvalue weighted by molar-refractivity contribution is -0.131. The van der Waals surface area contributed by atoms with Crippen molar-refractivity contribution in [3.63, 3.8) is 0 Å². The van der Waals surface area contributed by atoms with Crippen LogP contribution in [0.25, 0.3) is 0 Å². The van der Waals surface area contributed by atoms with E-state index in [1.807, 2.05) is 0 Å². The molecule has 0 aromatic rings. The number of amidine groups is 1. The Balaban J connectivity index is 2.31. The molecule has 0 unspecified atom stereocenters. The molecule has 0 aromatic heterocycles. The van der Waals surface area contributed by atoms with Crippen molar-refractivity contribution in [1.29, 1.82) is 0 Å². The Labute approximate surface area is 109 Å². The minimum atomic E-state index is -0.743. The fourth-order valence-electron chi connectivity index (χ4n) is 2.27. The summed E-state index contributed by atoms with van der Waals surface area (Å²) in [5, 5.41) is 14.6. The molecule has 1 aliphatic carbocycles. The number of carbonyl (C=O) groups excluding carboxylic acids is 1. The van der Waals surface area contributed by atoms with Crippen LogP contribution >= 0.6 is 0 Å². The molecule has 4 N–H and O–H groups in total. The van der Waals surface area contributed by atoms with Gasteiger partial charge in [0, 0.05) is 6.54 Å². The fourth-order valence-corrected chi connectivity index (χ4v) is 2.27. The number of oxime groups is 1. The van der Waals surface area contributed by atoms with Gasteiger partial charge in [-0.15, -0.1) is 0 Å². The summed E-state index contributed by atoms with van der Waals surface area (Å²) in [5.41, 5.74) is 4.88. The Kier molecular flexibility index (Phi) is 5.44. The molecule has 0 saturated heterocycles. The van der Waals surface area contributed by atoms with E-state index in [4.69, 9.17) is 10.9 Å². The molecule has 5 heteroatoms. The number of unbranched alkanes of at least 4 members (excludes halogenated alkanes) is 1. The number of nitrogens with zero attached hydrogens (tertiary/aromatic N) is 1. The van der Waals surface area contributed by atoms with E-state index < -0.39 is 5.41 Å². The molecule has 1 aliphatic rings. The molecule has 0 spiro atoms. The van der Waals surface area contributed by atoms with Gasteiger partial charge in [-0.1, -0.05) is 38.3 Å². The van der Waals surface area contributed by atoms with E-state index in [9.17, 15) is 4.79 Å². The molecule has 0 aromatic carbocycles. The highest BCUT2D eigenvalue weighted by Crippen LogP contribution is 2.41. The van der Waals surface area contributed by atoms with Crippen molar-refractivity contribution in [2.75, 3.05) is 6.54 Å². The molecular formula is C13H25N3O2. The van der Waals surface area contributed by atoms with Gasteiger partial charge in [0.25, 0.3) is 0 Å². The molecule has 104 valence electrons. The van der Waals surface area contributed by atoms with Crippen LogP contribution < -0.4 is 11.1 Å². The zero-order valence-corrected chi connectivity index (χ0v) is 11.4. The van der Waals surface area contributed by atoms with E-state index in [0.717, 1.165) is 19.3 Å². The summed E-state index contributed by atoms with van der Waals surface area (Å²) in [6, 6.07) is 0. The second-order valence-electron chi connectivity index (χ2n) is 5.57. The maximum absolute atomic E-state index is 12.1. The fraction of sp³-hybridized carbons (Fsp3) is 0.846. The first-order valence-electron chi connectivity index (χ1n) is 6.79. The normalized spacial score (nSPS) is 18.5. The zero-order valence-electron chi connectivity index (χ0n) is 11.4. The van der Waals surface area contributed by atoms with Crippen molar-refractivity contribution >= 4 is 11.7 Å². The van der Waals surface area contributed by atoms with Crippen LogP contribution in [0.2, 0.25) is 0 Å². The van der Waals surface area contributed by atoms with Crippen molar-refractivity contribution in [2.45, 2.75) is 52.4 Å². The molecular weight excluding hydrogens is 230 g/mol. The lowest BCUT2D eigenvalue weighted by atomic mass is 9.67. The first kappa shape index (κ1) is 14.8. The molecule has 1 fully saturated rings. The number of nitrogens with one attached hydrogen (secondary N) is 1. The van der Waals surface area contributed by atoms with Gasteiger partial charge in [0.05, 0.1) is 0 Å². The van der Waals surface area contributed by atoms with Gasteiger partial charge in [-0.3, -0.25) is 4.79 Å². The van der Waals surface area contributed by atoms with E-state index >= 15 is 0 Å². The highest BCUT2D eigenvalue weighted by atomic mass is 16.4. The average Bonchev–Trinajstić information content (AvgIpc) is 2.26. The summed E-state index contributed by atoms with van der Waals surface area (Å²) in [6.45, 7) is 5.06. The van der Waals surface area contributed by atoms with E-state index in [1.165, 1.54) is 6.42 Å². The minimum Gasteiger partial charge on any atom is -0.409 e. The zero-order chi connectivity index (χ0) is 13.6. The van der Waals surface area contributed by atoms with E-state index in [-0.39, 0.29) is 11.7 Å². The standard InChI is InChI=1S/C13H25N3O2/c1-10(2)6-3-4-9-15-12(17)13(7-5-8-13)11(14)16-18/h10,18H,3-9H2,1-2H3,(H2,14,16)(H,15,17). The molecule has 5 nitrogen and oxygen atoms in total. The van der Waals surface area contributed by atoms with E-state index in [1.54, 1.807) is 0 Å². The van der Waals surface area contributed by atoms with Crippen molar-refractivity contribution < 1.29 is 10.0 Å². The largest absolute Gasteiger partial charge is 0.409 e. The molecule has 0 aliphatic heterocycles. The molecule has 1 rings (SSSR count). The van der Waals surface area contributed by atoms with Gasteiger partial charge in [-0.25, -0.2) is 0 Å². The quantitative estimate of drug-likeness (QED) is 0.213. The molecule has 18 heavy (non-hydrogen) atoms. The second kappa shape index (κ2) is 6.61. The molecule has 1 amide bonds. The van der Waals surface area contributed by atoms with Gasteiger partial charge >= 0.3 is 0 Å². The third-order valence-electron chi connectivity index (χ3n) is 3.73. The number of hydrogen-bond donors (Lipinski definition) is 3. The Morgan fingerprint density at radius 3 is 2.56 bits per heavy atom. The summed E-state index contributed by atoms with van der Waals surface area (Å²) < 4.78 is 0. The number of carbonyl (C=O) groups is 1. The summed E-state index contributed by atoms with van der Waals surface area (Å²) in [4.78, 5) is 12.1. The smallest absolute Gasteiger partial charge is 0.233 e. The summed E-state index contributed by atoms with van der Waals surface area (Å²) in [5.74, 6) is 0.665. The van der Waals surface area contributed by atoms with Crippen molar-refractivity contribution in [3.05, 3.63) is 0 Å². The Morgan fingerprint density at radius 1 is 1.44 bits per heavy atom. The summed E-state index contributed by atoms with van der Waals surface area (Å²) >= 11 is 0. The highest BCUT2D eigenvalue weighted by Gasteiger charge is 2.48. The Bertz CT molecular complexity index is 309.